The number of allylic oxidation sites excluding steroid dienone is 1. The molecule has 0 N–H and O–H groups in total. The molecule has 0 amide bonds. The number of carbonyl (C=O) groups excluding carboxylic acids is 5. The van der Waals surface area contributed by atoms with Crippen molar-refractivity contribution in [1.82, 2.24) is 14.5 Å². The molecule has 0 bridgehead atoms. The Morgan fingerprint density at radius 3 is 2.35 bits per heavy atom. The van der Waals surface area contributed by atoms with Gasteiger partial charge in [0.25, 0.3) is 0 Å². The summed E-state index contributed by atoms with van der Waals surface area (Å²) in [6.07, 6.45) is 1.27. The summed E-state index contributed by atoms with van der Waals surface area (Å²) in [4.78, 5) is 74.8. The van der Waals surface area contributed by atoms with Crippen molar-refractivity contribution in [2.24, 2.45) is 11.8 Å². The number of hydrogen-bond donors (Lipinski definition) is 0. The predicted molar refractivity (Wildman–Crippen MR) is 201 cm³/mol. The molecule has 2 aliphatic rings. The Hall–Kier alpha value is -4.24. The van der Waals surface area contributed by atoms with E-state index in [9.17, 15) is 24.0 Å². The number of cyclic esters (lactones) is 1. The Morgan fingerprint density at radius 2 is 1.76 bits per heavy atom. The minimum atomic E-state index is -1.55. The number of hydrogen-bond acceptors (Lipinski definition) is 13. The van der Waals surface area contributed by atoms with Crippen molar-refractivity contribution in [2.75, 3.05) is 21.2 Å². The molecule has 55 heavy (non-hydrogen) atoms. The van der Waals surface area contributed by atoms with Crippen LogP contribution in [-0.4, -0.2) is 113 Å². The maximum atomic E-state index is 14.4. The van der Waals surface area contributed by atoms with Crippen LogP contribution in [0.5, 0.6) is 0 Å². The molecule has 1 fully saturated rings. The number of ether oxygens (including phenoxy) is 6. The fourth-order valence-electron chi connectivity index (χ4n) is 7.44. The molecule has 6 unspecified atom stereocenters. The van der Waals surface area contributed by atoms with E-state index in [0.29, 0.717) is 12.0 Å². The highest BCUT2D eigenvalue weighted by Gasteiger charge is 2.51. The van der Waals surface area contributed by atoms with Crippen LogP contribution in [0, 0.1) is 11.8 Å². The number of carbonyl (C=O) groups is 5. The summed E-state index contributed by atoms with van der Waals surface area (Å²) >= 11 is 0. The molecule has 2 aliphatic heterocycles. The van der Waals surface area contributed by atoms with Crippen molar-refractivity contribution < 1.29 is 52.4 Å². The molecule has 0 radical (unpaired) electrons. The summed E-state index contributed by atoms with van der Waals surface area (Å²) < 4.78 is 38.6. The third-order valence-electron chi connectivity index (χ3n) is 11.0. The third-order valence-corrected chi connectivity index (χ3v) is 11.0. The van der Waals surface area contributed by atoms with Crippen molar-refractivity contribution >= 4 is 29.6 Å². The summed E-state index contributed by atoms with van der Waals surface area (Å²) in [5.74, 6) is -4.49. The van der Waals surface area contributed by atoms with Crippen molar-refractivity contribution in [1.29, 1.82) is 0 Å². The second-order valence-electron chi connectivity index (χ2n) is 15.0. The molecule has 0 saturated carbocycles. The van der Waals surface area contributed by atoms with Crippen LogP contribution in [0.3, 0.4) is 0 Å². The molecule has 4 rings (SSSR count). The predicted octanol–water partition coefficient (Wildman–Crippen LogP) is 5.57. The van der Waals surface area contributed by atoms with Gasteiger partial charge in [-0.2, -0.15) is 0 Å². The molecule has 0 aliphatic carbocycles. The van der Waals surface area contributed by atoms with Crippen LogP contribution in [0.4, 0.5) is 4.79 Å². The van der Waals surface area contributed by atoms with Gasteiger partial charge >= 0.3 is 18.0 Å². The van der Waals surface area contributed by atoms with E-state index in [2.05, 4.69) is 4.98 Å². The molecule has 14 heteroatoms. The minimum absolute atomic E-state index is 0.0382. The number of nitrogens with zero attached hydrogens (tertiary/aromatic N) is 3. The smallest absolute Gasteiger partial charge is 0.420 e. The second-order valence-corrected chi connectivity index (χ2v) is 15.0. The van der Waals surface area contributed by atoms with Gasteiger partial charge < -0.3 is 33.3 Å². The normalized spacial score (nSPS) is 33.6. The maximum Gasteiger partial charge on any atom is 0.420 e. The van der Waals surface area contributed by atoms with E-state index in [-0.39, 0.29) is 49.2 Å². The minimum Gasteiger partial charge on any atom is -0.457 e. The molecule has 302 valence electrons. The van der Waals surface area contributed by atoms with E-state index in [4.69, 9.17) is 28.4 Å². The van der Waals surface area contributed by atoms with Gasteiger partial charge in [0.1, 0.15) is 18.3 Å². The average Bonchev–Trinajstić information content (AvgIpc) is 3.73. The summed E-state index contributed by atoms with van der Waals surface area (Å²) in [6.45, 7) is 11.9. The van der Waals surface area contributed by atoms with Crippen LogP contribution in [0.15, 0.2) is 60.7 Å². The quantitative estimate of drug-likeness (QED) is 0.177. The number of aromatic nitrogens is 2. The number of Topliss-reactive ketones (excluding diaryl/α,β-unsaturated/α-hetero) is 2. The van der Waals surface area contributed by atoms with Crippen molar-refractivity contribution in [3.63, 3.8) is 0 Å². The average molecular weight is 768 g/mol. The Balaban J connectivity index is 1.77. The molecular weight excluding hydrogens is 710 g/mol. The first-order valence-corrected chi connectivity index (χ1v) is 19.0. The highest BCUT2D eigenvalue weighted by molar-refractivity contribution is 6.00. The van der Waals surface area contributed by atoms with Crippen LogP contribution >= 0.6 is 0 Å². The zero-order valence-electron chi connectivity index (χ0n) is 33.7. The molecule has 10 atom stereocenters. The van der Waals surface area contributed by atoms with E-state index in [1.807, 2.05) is 25.9 Å². The Labute approximate surface area is 323 Å². The molecule has 1 aromatic carbocycles. The number of ketones is 2. The third kappa shape index (κ3) is 9.96. The fraction of sp³-hybridized carbons (Fsp3) is 0.610. The second kappa shape index (κ2) is 18.6. The highest BCUT2D eigenvalue weighted by Crippen LogP contribution is 2.38. The molecule has 2 aromatic rings. The number of esters is 2. The van der Waals surface area contributed by atoms with E-state index in [1.165, 1.54) is 38.8 Å². The van der Waals surface area contributed by atoms with Gasteiger partial charge in [-0.15, -0.1) is 0 Å². The van der Waals surface area contributed by atoms with E-state index >= 15 is 0 Å². The molecule has 1 aromatic heterocycles. The summed E-state index contributed by atoms with van der Waals surface area (Å²) in [6, 6.07) is 8.26. The lowest BCUT2D eigenvalue weighted by atomic mass is 9.79. The van der Waals surface area contributed by atoms with Crippen LogP contribution < -0.4 is 0 Å². The van der Waals surface area contributed by atoms with E-state index < -0.39 is 71.5 Å². The molecule has 3 heterocycles. The first-order chi connectivity index (χ1) is 26.0. The number of benzene rings is 1. The van der Waals surface area contributed by atoms with Crippen LogP contribution in [0.25, 0.3) is 0 Å². The summed E-state index contributed by atoms with van der Waals surface area (Å²) in [7, 11) is 5.21. The SMILES string of the molecule is CC[C@@H]1OC(=O)C(C)C(=O)C(C)[C@@H](OC2OC(C)CC(N(C)C)[C@H]2OC(=O)c2ccccc2)[C@@](C)(OC)CCC(=O)/C(C)=C/C1(CC)OC(=O)n1ccnc1. The molecule has 1 saturated heterocycles. The lowest BCUT2D eigenvalue weighted by Crippen LogP contribution is -2.60. The molecular formula is C41H57N3O11. The lowest BCUT2D eigenvalue weighted by Gasteiger charge is -2.47. The Morgan fingerprint density at radius 1 is 1.07 bits per heavy atom. The molecule has 0 spiro atoms. The standard InChI is InChI=1S/C41H57N3O11/c1-11-32-41(12-2,55-39(49)44-21-20-42-24-44)23-25(3)31(45)18-19-40(7,50-10)35(27(5)33(46)28(6)36(47)52-32)54-38-34(30(43(8)9)22-26(4)51-38)53-37(48)29-16-14-13-15-17-29/h13-17,20-21,23-24,26-28,30,32,34-35,38H,11-12,18-19,22H2,1-10H3/b25-23+/t26?,27?,28?,30?,32-,34+,35+,38?,40-,41?/m0/s1. The van der Waals surface area contributed by atoms with Gasteiger partial charge in [0, 0.05) is 31.8 Å². The number of imidazole rings is 1. The Kier molecular flexibility index (Phi) is 14.7. The molecule has 14 nitrogen and oxygen atoms in total. The fourth-order valence-corrected chi connectivity index (χ4v) is 7.44. The number of rotatable bonds is 9. The maximum absolute atomic E-state index is 14.4. The lowest BCUT2D eigenvalue weighted by molar-refractivity contribution is -0.294. The van der Waals surface area contributed by atoms with Gasteiger partial charge in [-0.25, -0.2) is 19.1 Å². The number of methoxy groups -OCH3 is 1. The first-order valence-electron chi connectivity index (χ1n) is 19.0. The Bertz CT molecular complexity index is 1680. The van der Waals surface area contributed by atoms with Gasteiger partial charge in [0.2, 0.25) is 0 Å². The van der Waals surface area contributed by atoms with Crippen LogP contribution in [-0.2, 0) is 42.8 Å². The van der Waals surface area contributed by atoms with Crippen LogP contribution in [0.1, 0.15) is 90.9 Å². The van der Waals surface area contributed by atoms with Gasteiger partial charge in [-0.05, 0) is 91.3 Å². The van der Waals surface area contributed by atoms with Gasteiger partial charge in [0.05, 0.1) is 29.4 Å². The van der Waals surface area contributed by atoms with Gasteiger partial charge in [0.15, 0.2) is 29.6 Å². The van der Waals surface area contributed by atoms with Crippen LogP contribution in [0.2, 0.25) is 0 Å². The monoisotopic (exact) mass is 767 g/mol. The van der Waals surface area contributed by atoms with Crippen molar-refractivity contribution in [2.45, 2.75) is 129 Å². The summed E-state index contributed by atoms with van der Waals surface area (Å²) in [5.41, 5.74) is -2.22. The zero-order chi connectivity index (χ0) is 40.7. The van der Waals surface area contributed by atoms with Crippen molar-refractivity contribution in [3.8, 4) is 0 Å². The van der Waals surface area contributed by atoms with Gasteiger partial charge in [-0.1, -0.05) is 39.0 Å². The topological polar surface area (TPSA) is 162 Å². The van der Waals surface area contributed by atoms with E-state index in [0.717, 1.165) is 4.57 Å². The largest absolute Gasteiger partial charge is 0.457 e. The van der Waals surface area contributed by atoms with E-state index in [1.54, 1.807) is 65.0 Å². The first kappa shape index (κ1) is 43.5. The zero-order valence-corrected chi connectivity index (χ0v) is 33.7. The summed E-state index contributed by atoms with van der Waals surface area (Å²) in [5, 5.41) is 0. The number of likely N-dealkylation sites (N-methyl/N-ethyl adjacent to an activating group) is 1. The van der Waals surface area contributed by atoms with Crippen molar-refractivity contribution in [3.05, 3.63) is 66.3 Å². The highest BCUT2D eigenvalue weighted by atomic mass is 16.7. The van der Waals surface area contributed by atoms with Gasteiger partial charge in [-0.3, -0.25) is 14.4 Å².